The molecule has 2 atom stereocenters. The molecule has 11 nitrogen and oxygen atoms in total. The van der Waals surface area contributed by atoms with Crippen molar-refractivity contribution in [1.29, 1.82) is 0 Å². The van der Waals surface area contributed by atoms with Crippen molar-refractivity contribution >= 4 is 45.2 Å². The van der Waals surface area contributed by atoms with Crippen LogP contribution in [0.15, 0.2) is 98.1 Å². The van der Waals surface area contributed by atoms with Crippen LogP contribution < -0.4 is 119 Å². The van der Waals surface area contributed by atoms with Crippen LogP contribution in [0.3, 0.4) is 0 Å². The van der Waals surface area contributed by atoms with E-state index in [-0.39, 0.29) is 117 Å². The number of halogens is 14. The third-order valence-electron chi connectivity index (χ3n) is 17.1. The molecule has 2 N–H and O–H groups in total. The summed E-state index contributed by atoms with van der Waals surface area (Å²) in [6.07, 6.45) is -1.74. The van der Waals surface area contributed by atoms with Crippen LogP contribution in [0.5, 0.6) is 0 Å². The standard InChI is InChI=1S/C17H19F3N2O.C15H18F3N.C14H17F3N2.C9H8F3N.C6H11Br.C3H3ClO.CH2O3.2K.H/c1-2-16(23)22-7-6-12(9-22)8-21-10-13-4-3-5-15(14(13)11-21)17(18,19)20;16-15(17,18)14-7-3-6-12-9-19(10-13(12)14)8-11-4-1-2-5-11;15-14(16,17)13-3-1-2-11-8-19(9-12(11)13)7-10-4-5-18-6-10;10-9(11,12)8-3-1-2-6-4-13-5-7(6)8;7-5-6-3-1-2-4-6;1-2-3(4)5;2-1-4-3;;;/h2-5,12H,1,6-11H2;3,6-7,11H,1-2,4-5,8-10H2;1-3,10,18H,4-9H2;1-3,13H,4-5H2;6H,1-5H2;2H,1H2;1,3H;;;/q;;;;;;;2*+1;-1/p-1. The van der Waals surface area contributed by atoms with Gasteiger partial charge in [0.05, 0.1) is 22.3 Å². The van der Waals surface area contributed by atoms with Crippen molar-refractivity contribution in [2.45, 2.75) is 141 Å². The average Bonchev–Trinajstić information content (AvgIpc) is 1.71. The van der Waals surface area contributed by atoms with Crippen LogP contribution in [-0.2, 0) is 96.3 Å². The van der Waals surface area contributed by atoms with Crippen LogP contribution in [0.4, 0.5) is 52.7 Å². The molecule has 8 aliphatic rings. The van der Waals surface area contributed by atoms with Gasteiger partial charge in [0.2, 0.25) is 11.1 Å². The van der Waals surface area contributed by atoms with Gasteiger partial charge >= 0.3 is 127 Å². The van der Waals surface area contributed by atoms with E-state index in [1.165, 1.54) is 99.2 Å². The molecule has 4 aromatic rings. The number of alkyl halides is 13. The molecule has 1 amide bonds. The molecular weight excluding hydrogens is 1370 g/mol. The van der Waals surface area contributed by atoms with E-state index in [9.17, 15) is 62.3 Å². The van der Waals surface area contributed by atoms with E-state index in [0.29, 0.717) is 112 Å². The largest absolute Gasteiger partial charge is 1.00 e. The zero-order valence-electron chi connectivity index (χ0n) is 52.9. The van der Waals surface area contributed by atoms with Crippen molar-refractivity contribution < 1.29 is 181 Å². The predicted octanol–water partition coefficient (Wildman–Crippen LogP) is 8.27. The van der Waals surface area contributed by atoms with Crippen molar-refractivity contribution in [3.63, 3.8) is 0 Å². The van der Waals surface area contributed by atoms with Crippen LogP contribution in [0.2, 0.25) is 0 Å². The first-order valence-corrected chi connectivity index (χ1v) is 31.5. The summed E-state index contributed by atoms with van der Waals surface area (Å²) in [5, 5.41) is 15.3. The maximum Gasteiger partial charge on any atom is 1.00 e. The molecule has 0 spiro atoms. The molecule has 4 aromatic carbocycles. The van der Waals surface area contributed by atoms with Crippen LogP contribution in [0, 0.1) is 23.7 Å². The number of fused-ring (bicyclic) bond motifs is 4. The first kappa shape index (κ1) is 82.4. The van der Waals surface area contributed by atoms with Gasteiger partial charge in [-0.05, 0) is 168 Å². The molecule has 0 radical (unpaired) electrons. The summed E-state index contributed by atoms with van der Waals surface area (Å²) >= 11 is 8.18. The number of allylic oxidation sites excluding steroid dienone is 1. The fourth-order valence-electron chi connectivity index (χ4n) is 12.9. The molecule has 92 heavy (non-hydrogen) atoms. The number of benzene rings is 4. The maximum absolute atomic E-state index is 13.1. The average molecular weight is 1440 g/mol. The number of carbonyl (C=O) groups excluding carboxylic acids is 3. The molecule has 6 heterocycles. The number of rotatable bonds is 10. The summed E-state index contributed by atoms with van der Waals surface area (Å²) in [6.45, 7) is 16.3. The van der Waals surface area contributed by atoms with Crippen LogP contribution in [0.1, 0.15) is 132 Å². The van der Waals surface area contributed by atoms with E-state index in [4.69, 9.17) is 21.7 Å². The topological polar surface area (TPSA) is 121 Å². The van der Waals surface area contributed by atoms with E-state index in [0.717, 1.165) is 85.4 Å². The molecule has 6 aliphatic heterocycles. The van der Waals surface area contributed by atoms with Crippen molar-refractivity contribution in [3.8, 4) is 0 Å². The molecule has 2 saturated heterocycles. The molecule has 498 valence electrons. The van der Waals surface area contributed by atoms with Gasteiger partial charge in [0, 0.05) is 90.4 Å². The van der Waals surface area contributed by atoms with Gasteiger partial charge in [-0.25, -0.2) is 0 Å². The third-order valence-corrected chi connectivity index (χ3v) is 18.2. The van der Waals surface area contributed by atoms with Crippen molar-refractivity contribution in [3.05, 3.63) is 165 Å². The van der Waals surface area contributed by atoms with Gasteiger partial charge in [0.15, 0.2) is 0 Å². The second-order valence-electron chi connectivity index (χ2n) is 23.5. The van der Waals surface area contributed by atoms with Gasteiger partial charge in [-0.1, -0.05) is 103 Å². The van der Waals surface area contributed by atoms with Crippen LogP contribution in [0.25, 0.3) is 0 Å². The smallest absolute Gasteiger partial charge is 1.00 e. The summed E-state index contributed by atoms with van der Waals surface area (Å²) in [5.74, 6) is 2.51. The molecule has 27 heteroatoms. The number of nitrogens with one attached hydrogen (secondary N) is 2. The first-order valence-electron chi connectivity index (χ1n) is 30.0. The number of carbonyl (C=O) groups is 3. The summed E-state index contributed by atoms with van der Waals surface area (Å²) < 4.78 is 154. The molecule has 0 bridgehead atoms. The van der Waals surface area contributed by atoms with E-state index >= 15 is 0 Å². The number of hydrogen-bond acceptors (Lipinski definition) is 10. The van der Waals surface area contributed by atoms with Gasteiger partial charge in [0.25, 0.3) is 6.47 Å². The van der Waals surface area contributed by atoms with Gasteiger partial charge in [0.1, 0.15) is 0 Å². The van der Waals surface area contributed by atoms with Gasteiger partial charge < -0.3 is 27.1 Å². The van der Waals surface area contributed by atoms with Crippen molar-refractivity contribution in [2.75, 3.05) is 51.1 Å². The van der Waals surface area contributed by atoms with Crippen LogP contribution >= 0.6 is 27.5 Å². The summed E-state index contributed by atoms with van der Waals surface area (Å²) in [7, 11) is 0. The third kappa shape index (κ3) is 25.7. The maximum atomic E-state index is 13.1. The number of hydrogen-bond donors (Lipinski definition) is 2. The molecular formula is C65H78BrClF12K2N6O5. The minimum absolute atomic E-state index is 0. The Morgan fingerprint density at radius 3 is 1.28 bits per heavy atom. The Kier molecular flexibility index (Phi) is 35.4. The predicted molar refractivity (Wildman–Crippen MR) is 322 cm³/mol. The van der Waals surface area contributed by atoms with Crippen LogP contribution in [-0.4, -0.2) is 88.4 Å². The molecule has 2 saturated carbocycles. The monoisotopic (exact) mass is 1440 g/mol. The Morgan fingerprint density at radius 1 is 0.554 bits per heavy atom. The number of amides is 1. The Morgan fingerprint density at radius 2 is 0.935 bits per heavy atom. The molecule has 12 rings (SSSR count). The zero-order chi connectivity index (χ0) is 65.8. The summed E-state index contributed by atoms with van der Waals surface area (Å²) in [5.41, 5.74) is 3.04. The number of nitrogens with zero attached hydrogens (tertiary/aromatic N) is 4. The van der Waals surface area contributed by atoms with E-state index in [1.807, 2.05) is 17.0 Å². The van der Waals surface area contributed by atoms with Gasteiger partial charge in [-0.15, -0.1) is 0 Å². The summed E-state index contributed by atoms with van der Waals surface area (Å²) in [6, 6.07) is 17.8. The zero-order valence-corrected chi connectivity index (χ0v) is 60.5. The minimum atomic E-state index is -4.30. The fourth-order valence-corrected chi connectivity index (χ4v) is 13.5. The fraction of sp³-hybridized carbons (Fsp3) is 0.523. The quantitative estimate of drug-likeness (QED) is 0.0235. The first-order chi connectivity index (χ1) is 42.7. The van der Waals surface area contributed by atoms with Gasteiger partial charge in [-0.2, -0.15) is 52.7 Å². The normalized spacial score (nSPS) is 19.3. The SMILES string of the molecule is BrCC1CCCC1.C=CC(=O)Cl.C=CC(=O)N1CCC(CN2Cc3cccc(C(F)(F)F)c3C2)C1.FC(F)(F)c1cccc2c1CN(CC1CCCC1)C2.FC(F)(F)c1cccc2c1CN(CC1CCNC1)C2.FC(F)(F)c1cccc2c1CNC2.O=CO[O-].[H-].[K+].[K+]. The molecule has 4 fully saturated rings. The second-order valence-corrected chi connectivity index (χ2v) is 24.6. The van der Waals surface area contributed by atoms with E-state index < -0.39 is 52.2 Å². The van der Waals surface area contributed by atoms with Gasteiger partial charge in [-0.3, -0.25) is 29.1 Å². The Labute approximate surface area is 630 Å². The Bertz CT molecular complexity index is 2920. The molecule has 2 aliphatic carbocycles. The number of likely N-dealkylation sites (tertiary alicyclic amines) is 1. The van der Waals surface area contributed by atoms with Crippen molar-refractivity contribution in [2.24, 2.45) is 23.7 Å². The molecule has 2 unspecified atom stereocenters. The van der Waals surface area contributed by atoms with Crippen molar-refractivity contribution in [1.82, 2.24) is 30.2 Å². The molecule has 0 aromatic heterocycles. The summed E-state index contributed by atoms with van der Waals surface area (Å²) in [4.78, 5) is 40.4. The Hall–Kier alpha value is -2.07. The minimum Gasteiger partial charge on any atom is -1.00 e. The van der Waals surface area contributed by atoms with E-state index in [1.54, 1.807) is 17.0 Å². The second kappa shape index (κ2) is 39.5. The Balaban J connectivity index is 0.000000299. The van der Waals surface area contributed by atoms with E-state index in [2.05, 4.69) is 54.4 Å².